The van der Waals surface area contributed by atoms with Gasteiger partial charge in [0.1, 0.15) is 0 Å². The first-order chi connectivity index (χ1) is 8.00. The van der Waals surface area contributed by atoms with Gasteiger partial charge in [0.15, 0.2) is 0 Å². The maximum absolute atomic E-state index is 11.8. The largest absolute Gasteiger partial charge is 0.393 e. The van der Waals surface area contributed by atoms with Crippen LogP contribution in [0.3, 0.4) is 0 Å². The van der Waals surface area contributed by atoms with E-state index in [0.29, 0.717) is 11.8 Å². The fourth-order valence-corrected chi connectivity index (χ4v) is 4.04. The van der Waals surface area contributed by atoms with Crippen LogP contribution in [0.15, 0.2) is 11.6 Å². The van der Waals surface area contributed by atoms with Crippen molar-refractivity contribution in [1.29, 1.82) is 0 Å². The number of cyclic esters (lactones) is 2. The van der Waals surface area contributed by atoms with E-state index in [1.807, 2.05) is 0 Å². The van der Waals surface area contributed by atoms with E-state index in [1.165, 1.54) is 5.57 Å². The summed E-state index contributed by atoms with van der Waals surface area (Å²) < 4.78 is 4.85. The zero-order valence-corrected chi connectivity index (χ0v) is 10.5. The first-order valence-electron chi connectivity index (χ1n) is 6.44. The van der Waals surface area contributed by atoms with Gasteiger partial charge in [0, 0.05) is 0 Å². The van der Waals surface area contributed by atoms with Crippen molar-refractivity contribution in [2.75, 3.05) is 0 Å². The molecule has 1 saturated carbocycles. The van der Waals surface area contributed by atoms with Crippen LogP contribution in [0.1, 0.15) is 27.2 Å². The number of fused-ring (bicyclic) bond motifs is 1. The van der Waals surface area contributed by atoms with Crippen molar-refractivity contribution >= 4 is 11.9 Å². The Balaban J connectivity index is 2.04. The summed E-state index contributed by atoms with van der Waals surface area (Å²) in [6.45, 7) is 6.48. The van der Waals surface area contributed by atoms with Gasteiger partial charge in [0.25, 0.3) is 0 Å². The molecule has 1 aliphatic heterocycles. The highest BCUT2D eigenvalue weighted by Gasteiger charge is 2.59. The van der Waals surface area contributed by atoms with E-state index in [4.69, 9.17) is 4.74 Å². The highest BCUT2D eigenvalue weighted by Crippen LogP contribution is 2.55. The maximum Gasteiger partial charge on any atom is 0.318 e. The number of ether oxygens (including phenoxy) is 1. The fraction of sp³-hybridized carbons (Fsp3) is 0.714. The summed E-state index contributed by atoms with van der Waals surface area (Å²) in [5, 5.41) is 0. The normalized spacial score (nSPS) is 43.8. The molecule has 4 rings (SSSR count). The van der Waals surface area contributed by atoms with Gasteiger partial charge in [-0.3, -0.25) is 9.59 Å². The van der Waals surface area contributed by atoms with Gasteiger partial charge in [-0.2, -0.15) is 0 Å². The molecule has 0 aromatic rings. The summed E-state index contributed by atoms with van der Waals surface area (Å²) >= 11 is 0. The molecule has 0 unspecified atom stereocenters. The molecule has 1 heterocycles. The van der Waals surface area contributed by atoms with Crippen molar-refractivity contribution in [3.63, 3.8) is 0 Å². The minimum Gasteiger partial charge on any atom is -0.393 e. The highest BCUT2D eigenvalue weighted by atomic mass is 16.6. The van der Waals surface area contributed by atoms with Crippen LogP contribution in [-0.4, -0.2) is 11.9 Å². The number of esters is 2. The van der Waals surface area contributed by atoms with Gasteiger partial charge in [-0.05, 0) is 37.0 Å². The molecule has 3 nitrogen and oxygen atoms in total. The van der Waals surface area contributed by atoms with Crippen LogP contribution in [0.4, 0.5) is 0 Å². The molecule has 0 N–H and O–H groups in total. The zero-order chi connectivity index (χ0) is 12.3. The van der Waals surface area contributed by atoms with Gasteiger partial charge >= 0.3 is 11.9 Å². The number of carbonyl (C=O) groups excluding carboxylic acids is 2. The lowest BCUT2D eigenvalue weighted by atomic mass is 9.54. The molecule has 0 spiro atoms. The SMILES string of the molecule is CC1=C[C@@H]2[C@H]3C(=O)OC(=O)[C@@H]3[C@H]1C[C@@H]2C(C)C. The van der Waals surface area contributed by atoms with Crippen molar-refractivity contribution in [1.82, 2.24) is 0 Å². The third kappa shape index (κ3) is 1.34. The molecule has 3 heteroatoms. The van der Waals surface area contributed by atoms with E-state index < -0.39 is 0 Å². The Hall–Kier alpha value is -1.12. The second-order valence-corrected chi connectivity index (χ2v) is 6.03. The van der Waals surface area contributed by atoms with Crippen molar-refractivity contribution in [2.45, 2.75) is 27.2 Å². The number of carbonyl (C=O) groups is 2. The zero-order valence-electron chi connectivity index (χ0n) is 10.5. The first-order valence-corrected chi connectivity index (χ1v) is 6.44. The molecule has 92 valence electrons. The maximum atomic E-state index is 11.8. The summed E-state index contributed by atoms with van der Waals surface area (Å²) in [4.78, 5) is 23.6. The van der Waals surface area contributed by atoms with E-state index in [1.54, 1.807) is 0 Å². The van der Waals surface area contributed by atoms with Crippen LogP contribution < -0.4 is 0 Å². The van der Waals surface area contributed by atoms with Gasteiger partial charge in [-0.15, -0.1) is 0 Å². The summed E-state index contributed by atoms with van der Waals surface area (Å²) in [5.74, 6) is 0.554. The van der Waals surface area contributed by atoms with Crippen LogP contribution >= 0.6 is 0 Å². The molecular formula is C14H18O3. The average molecular weight is 234 g/mol. The Morgan fingerprint density at radius 3 is 2.53 bits per heavy atom. The first kappa shape index (κ1) is 11.0. The highest BCUT2D eigenvalue weighted by molar-refractivity contribution is 5.97. The Morgan fingerprint density at radius 2 is 1.88 bits per heavy atom. The summed E-state index contributed by atoms with van der Waals surface area (Å²) in [5.41, 5.74) is 1.28. The number of rotatable bonds is 1. The Bertz CT molecular complexity index is 421. The Labute approximate surface area is 101 Å². The van der Waals surface area contributed by atoms with Gasteiger partial charge < -0.3 is 4.74 Å². The van der Waals surface area contributed by atoms with E-state index in [9.17, 15) is 9.59 Å². The van der Waals surface area contributed by atoms with E-state index >= 15 is 0 Å². The minimum atomic E-state index is -0.288. The summed E-state index contributed by atoms with van der Waals surface area (Å²) in [6, 6.07) is 0. The summed E-state index contributed by atoms with van der Waals surface area (Å²) in [7, 11) is 0. The molecular weight excluding hydrogens is 216 g/mol. The van der Waals surface area contributed by atoms with E-state index in [-0.39, 0.29) is 35.6 Å². The van der Waals surface area contributed by atoms with Gasteiger partial charge in [0.2, 0.25) is 0 Å². The molecule has 0 aromatic carbocycles. The Kier molecular flexibility index (Phi) is 2.22. The predicted octanol–water partition coefficient (Wildman–Crippen LogP) is 2.17. The third-order valence-electron chi connectivity index (χ3n) is 4.90. The van der Waals surface area contributed by atoms with Crippen molar-refractivity contribution in [3.8, 4) is 0 Å². The lowest BCUT2D eigenvalue weighted by molar-refractivity contribution is -0.154. The lowest BCUT2D eigenvalue weighted by Crippen LogP contribution is -2.46. The van der Waals surface area contributed by atoms with Crippen molar-refractivity contribution in [3.05, 3.63) is 11.6 Å². The molecule has 0 amide bonds. The quantitative estimate of drug-likeness (QED) is 0.397. The third-order valence-corrected chi connectivity index (χ3v) is 4.90. The topological polar surface area (TPSA) is 43.4 Å². The molecule has 0 radical (unpaired) electrons. The van der Waals surface area contributed by atoms with Gasteiger partial charge in [-0.25, -0.2) is 0 Å². The minimum absolute atomic E-state index is 0.188. The number of allylic oxidation sites excluding steroid dienone is 2. The van der Waals surface area contributed by atoms with Crippen LogP contribution in [-0.2, 0) is 14.3 Å². The predicted molar refractivity (Wildman–Crippen MR) is 61.8 cm³/mol. The second-order valence-electron chi connectivity index (χ2n) is 6.03. The molecule has 3 aliphatic carbocycles. The molecule has 0 aromatic heterocycles. The van der Waals surface area contributed by atoms with Crippen LogP contribution in [0, 0.1) is 35.5 Å². The van der Waals surface area contributed by atoms with Crippen LogP contribution in [0.25, 0.3) is 0 Å². The lowest BCUT2D eigenvalue weighted by Gasteiger charge is -2.47. The van der Waals surface area contributed by atoms with Crippen molar-refractivity contribution in [2.24, 2.45) is 35.5 Å². The van der Waals surface area contributed by atoms with Gasteiger partial charge in [-0.1, -0.05) is 25.5 Å². The molecule has 17 heavy (non-hydrogen) atoms. The standard InChI is InChI=1S/C14H18O3/c1-6(2)8-5-9-7(3)4-10(8)12-11(9)13(15)17-14(12)16/h4,6,8-12H,5H2,1-3H3/t8-,9+,10+,11-,12-/m1/s1. The monoisotopic (exact) mass is 234 g/mol. The molecule has 2 fully saturated rings. The summed E-state index contributed by atoms with van der Waals surface area (Å²) in [6.07, 6.45) is 3.26. The molecule has 2 bridgehead atoms. The molecule has 1 saturated heterocycles. The average Bonchev–Trinajstić information content (AvgIpc) is 2.56. The fourth-order valence-electron chi connectivity index (χ4n) is 4.04. The van der Waals surface area contributed by atoms with Crippen LogP contribution in [0.2, 0.25) is 0 Å². The van der Waals surface area contributed by atoms with Gasteiger partial charge in [0.05, 0.1) is 11.8 Å². The molecule has 5 atom stereocenters. The smallest absolute Gasteiger partial charge is 0.318 e. The van der Waals surface area contributed by atoms with Crippen LogP contribution in [0.5, 0.6) is 0 Å². The van der Waals surface area contributed by atoms with E-state index in [0.717, 1.165) is 6.42 Å². The van der Waals surface area contributed by atoms with E-state index in [2.05, 4.69) is 26.8 Å². The Morgan fingerprint density at radius 1 is 1.24 bits per heavy atom. The molecule has 4 aliphatic rings. The number of hydrogen-bond donors (Lipinski definition) is 0. The second kappa shape index (κ2) is 3.44. The van der Waals surface area contributed by atoms with Crippen molar-refractivity contribution < 1.29 is 14.3 Å². The number of hydrogen-bond acceptors (Lipinski definition) is 3.